The molecule has 66 heavy (non-hydrogen) atoms. The van der Waals surface area contributed by atoms with Crippen LogP contribution in [0.15, 0.2) is 88.5 Å². The quantitative estimate of drug-likeness (QED) is 0.102. The predicted octanol–water partition coefficient (Wildman–Crippen LogP) is 6.90. The molecule has 346 valence electrons. The number of para-hydroxylation sites is 1. The standard InChI is InChI=1S/C50H56F2N8O6/c1-30(2)27-59-40-9-7-6-8-37(40)45(61)43(49(59)65)48(64)54-35-23-33(51)24-36(25-35)57-20-16-56(17-21-57)29-32-10-12-38-41(22-32)60(28-31(3)4)50(66)44(46(38)62)47(63)53-34-11-13-39(52)42(26-34)58-18-14-55(5)15-19-58/h6-13,22-26,30-31,61-62H,14-21,27-29H2,1-5H3,(H,53,63)(H,54,64). The molecule has 2 fully saturated rings. The van der Waals surface area contributed by atoms with Gasteiger partial charge in [-0.2, -0.15) is 0 Å². The average Bonchev–Trinajstić information content (AvgIpc) is 3.27. The van der Waals surface area contributed by atoms with Crippen molar-refractivity contribution in [3.05, 3.63) is 128 Å². The normalized spacial score (nSPS) is 15.0. The maximum atomic E-state index is 15.2. The Hall–Kier alpha value is -6.78. The van der Waals surface area contributed by atoms with E-state index in [2.05, 4.69) is 20.4 Å². The van der Waals surface area contributed by atoms with Gasteiger partial charge in [0, 0.05) is 99.8 Å². The maximum absolute atomic E-state index is 15.2. The lowest BCUT2D eigenvalue weighted by atomic mass is 10.0. The summed E-state index contributed by atoms with van der Waals surface area (Å²) < 4.78 is 33.1. The summed E-state index contributed by atoms with van der Waals surface area (Å²) in [6.07, 6.45) is 0. The molecule has 0 bridgehead atoms. The van der Waals surface area contributed by atoms with Gasteiger partial charge in [0.15, 0.2) is 0 Å². The van der Waals surface area contributed by atoms with Gasteiger partial charge >= 0.3 is 0 Å². The van der Waals surface area contributed by atoms with Crippen LogP contribution in [0.5, 0.6) is 11.5 Å². The number of halogens is 2. The van der Waals surface area contributed by atoms with E-state index in [0.29, 0.717) is 91.2 Å². The molecule has 0 aliphatic carbocycles. The number of likely N-dealkylation sites (N-methyl/N-ethyl adjacent to an activating group) is 1. The number of piperazine rings is 2. The third-order valence-corrected chi connectivity index (χ3v) is 12.3. The van der Waals surface area contributed by atoms with Crippen LogP contribution in [0.3, 0.4) is 0 Å². The molecule has 0 saturated carbocycles. The molecule has 0 spiro atoms. The summed E-state index contributed by atoms with van der Waals surface area (Å²) >= 11 is 0. The van der Waals surface area contributed by atoms with E-state index in [0.717, 1.165) is 18.7 Å². The number of nitrogens with one attached hydrogen (secondary N) is 2. The Labute approximate surface area is 381 Å². The van der Waals surface area contributed by atoms with Crippen molar-refractivity contribution in [1.29, 1.82) is 0 Å². The number of amides is 2. The summed E-state index contributed by atoms with van der Waals surface area (Å²) in [5.41, 5.74) is 1.14. The summed E-state index contributed by atoms with van der Waals surface area (Å²) in [7, 11) is 2.01. The van der Waals surface area contributed by atoms with Crippen LogP contribution in [0.1, 0.15) is 54.0 Å². The van der Waals surface area contributed by atoms with Gasteiger partial charge in [0.25, 0.3) is 22.9 Å². The average molecular weight is 903 g/mol. The molecule has 14 nitrogen and oxygen atoms in total. The molecule has 4 heterocycles. The Bertz CT molecular complexity index is 2950. The molecule has 2 aliphatic rings. The van der Waals surface area contributed by atoms with Crippen molar-refractivity contribution in [2.75, 3.05) is 79.8 Å². The lowest BCUT2D eigenvalue weighted by Crippen LogP contribution is -2.46. The Morgan fingerprint density at radius 2 is 1.21 bits per heavy atom. The summed E-state index contributed by atoms with van der Waals surface area (Å²) in [4.78, 5) is 63.5. The van der Waals surface area contributed by atoms with Crippen molar-refractivity contribution in [2.45, 2.75) is 47.3 Å². The molecular weight excluding hydrogens is 847 g/mol. The van der Waals surface area contributed by atoms with Crippen LogP contribution in [0, 0.1) is 23.5 Å². The Kier molecular flexibility index (Phi) is 13.2. The van der Waals surface area contributed by atoms with Gasteiger partial charge in [0.1, 0.15) is 34.3 Å². The van der Waals surface area contributed by atoms with Crippen molar-refractivity contribution < 1.29 is 28.6 Å². The van der Waals surface area contributed by atoms with E-state index < -0.39 is 57.2 Å². The summed E-state index contributed by atoms with van der Waals surface area (Å²) in [5, 5.41) is 28.7. The van der Waals surface area contributed by atoms with E-state index in [1.165, 1.54) is 33.4 Å². The number of carbonyl (C=O) groups is 2. The molecule has 16 heteroatoms. The molecule has 2 saturated heterocycles. The SMILES string of the molecule is CC(C)Cn1c(=O)c(C(=O)Nc2cc(F)cc(N3CCN(Cc4ccc5c(O)c(C(=O)Nc6ccc(F)c(N7CCN(C)CC7)c6)c(=O)n(CC(C)C)c5c4)CC3)c2)c(O)c2ccccc21. The molecule has 2 aromatic heterocycles. The largest absolute Gasteiger partial charge is 0.506 e. The van der Waals surface area contributed by atoms with E-state index in [1.807, 2.05) is 56.7 Å². The zero-order valence-corrected chi connectivity index (χ0v) is 37.9. The van der Waals surface area contributed by atoms with Crippen molar-refractivity contribution in [1.82, 2.24) is 18.9 Å². The van der Waals surface area contributed by atoms with Gasteiger partial charge in [-0.25, -0.2) is 8.78 Å². The van der Waals surface area contributed by atoms with E-state index in [9.17, 15) is 33.8 Å². The monoisotopic (exact) mass is 902 g/mol. The number of aromatic nitrogens is 2. The first kappa shape index (κ1) is 45.8. The number of carbonyl (C=O) groups excluding carboxylic acids is 2. The Morgan fingerprint density at radius 3 is 1.85 bits per heavy atom. The minimum Gasteiger partial charge on any atom is -0.506 e. The predicted molar refractivity (Wildman–Crippen MR) is 255 cm³/mol. The van der Waals surface area contributed by atoms with Crippen molar-refractivity contribution in [2.24, 2.45) is 11.8 Å². The highest BCUT2D eigenvalue weighted by Gasteiger charge is 2.27. The highest BCUT2D eigenvalue weighted by atomic mass is 19.1. The summed E-state index contributed by atoms with van der Waals surface area (Å²) in [6, 6.07) is 20.8. The maximum Gasteiger partial charge on any atom is 0.267 e. The van der Waals surface area contributed by atoms with Gasteiger partial charge in [-0.15, -0.1) is 0 Å². The molecular formula is C50H56F2N8O6. The zero-order chi connectivity index (χ0) is 47.0. The first-order chi connectivity index (χ1) is 31.6. The zero-order valence-electron chi connectivity index (χ0n) is 37.9. The van der Waals surface area contributed by atoms with Gasteiger partial charge in [0.05, 0.1) is 16.7 Å². The number of anilines is 4. The Morgan fingerprint density at radius 1 is 0.636 bits per heavy atom. The fraction of sp³-hybridized carbons (Fsp3) is 0.360. The Balaban J connectivity index is 0.971. The van der Waals surface area contributed by atoms with Crippen LogP contribution in [0.25, 0.3) is 21.8 Å². The lowest BCUT2D eigenvalue weighted by molar-refractivity contribution is 0.101. The summed E-state index contributed by atoms with van der Waals surface area (Å²) in [5.74, 6) is -3.38. The number of benzene rings is 4. The van der Waals surface area contributed by atoms with Crippen LogP contribution in [-0.4, -0.2) is 100 Å². The molecule has 6 aromatic rings. The minimum atomic E-state index is -0.843. The molecule has 4 N–H and O–H groups in total. The number of nitrogens with zero attached hydrogens (tertiary/aromatic N) is 6. The highest BCUT2D eigenvalue weighted by Crippen LogP contribution is 2.32. The van der Waals surface area contributed by atoms with Crippen LogP contribution in [-0.2, 0) is 19.6 Å². The topological polar surface area (TPSA) is 156 Å². The van der Waals surface area contributed by atoms with Gasteiger partial charge in [-0.1, -0.05) is 45.9 Å². The van der Waals surface area contributed by atoms with E-state index in [-0.39, 0.29) is 24.1 Å². The van der Waals surface area contributed by atoms with Crippen LogP contribution in [0.4, 0.5) is 31.5 Å². The molecule has 2 aliphatic heterocycles. The number of hydrogen-bond acceptors (Lipinski definition) is 10. The number of hydrogen-bond donors (Lipinski definition) is 4. The van der Waals surface area contributed by atoms with E-state index in [1.54, 1.807) is 42.5 Å². The van der Waals surface area contributed by atoms with E-state index in [4.69, 9.17) is 0 Å². The third-order valence-electron chi connectivity index (χ3n) is 12.3. The number of fused-ring (bicyclic) bond motifs is 2. The number of pyridine rings is 2. The molecule has 8 rings (SSSR count). The molecule has 4 aromatic carbocycles. The third kappa shape index (κ3) is 9.47. The smallest absolute Gasteiger partial charge is 0.267 e. The first-order valence-electron chi connectivity index (χ1n) is 22.4. The van der Waals surface area contributed by atoms with Crippen LogP contribution >= 0.6 is 0 Å². The second-order valence-corrected chi connectivity index (χ2v) is 18.3. The fourth-order valence-electron chi connectivity index (χ4n) is 8.99. The van der Waals surface area contributed by atoms with Gasteiger partial charge < -0.3 is 44.7 Å². The number of rotatable bonds is 12. The van der Waals surface area contributed by atoms with Crippen molar-refractivity contribution >= 4 is 56.4 Å². The first-order valence-corrected chi connectivity index (χ1v) is 22.4. The molecule has 0 atom stereocenters. The fourth-order valence-corrected chi connectivity index (χ4v) is 8.99. The lowest BCUT2D eigenvalue weighted by Gasteiger charge is -2.36. The molecule has 0 radical (unpaired) electrons. The van der Waals surface area contributed by atoms with Crippen molar-refractivity contribution in [3.8, 4) is 11.5 Å². The van der Waals surface area contributed by atoms with Gasteiger partial charge in [-0.05, 0) is 85.1 Å². The second-order valence-electron chi connectivity index (χ2n) is 18.3. The highest BCUT2D eigenvalue weighted by molar-refractivity contribution is 6.10. The van der Waals surface area contributed by atoms with Crippen molar-refractivity contribution in [3.63, 3.8) is 0 Å². The molecule has 0 unspecified atom stereocenters. The van der Waals surface area contributed by atoms with Gasteiger partial charge in [-0.3, -0.25) is 24.1 Å². The van der Waals surface area contributed by atoms with Crippen LogP contribution < -0.4 is 31.6 Å². The minimum absolute atomic E-state index is 0.0274. The number of aromatic hydroxyl groups is 2. The van der Waals surface area contributed by atoms with Crippen LogP contribution in [0.2, 0.25) is 0 Å². The van der Waals surface area contributed by atoms with E-state index >= 15 is 4.39 Å². The molecule has 2 amide bonds. The summed E-state index contributed by atoms with van der Waals surface area (Å²) in [6.45, 7) is 14.0. The second kappa shape index (κ2) is 19.0. The van der Waals surface area contributed by atoms with Gasteiger partial charge in [0.2, 0.25) is 0 Å².